The highest BCUT2D eigenvalue weighted by atomic mass is 16.2. The van der Waals surface area contributed by atoms with E-state index in [0.717, 1.165) is 4.68 Å². The lowest BCUT2D eigenvalue weighted by Gasteiger charge is -1.97. The Morgan fingerprint density at radius 2 is 1.93 bits per heavy atom. The molecular weight excluding hydrogens is 184 g/mol. The summed E-state index contributed by atoms with van der Waals surface area (Å²) in [4.78, 5) is 27.1. The first kappa shape index (κ1) is 8.74. The number of aromatic amines is 1. The van der Waals surface area contributed by atoms with Gasteiger partial charge in [-0.3, -0.25) is 19.4 Å². The molecule has 0 spiro atoms. The van der Waals surface area contributed by atoms with Crippen molar-refractivity contribution in [3.8, 4) is 0 Å². The number of hydrogen-bond acceptors (Lipinski definition) is 3. The molecule has 2 rings (SSSR count). The van der Waals surface area contributed by atoms with Crippen LogP contribution in [0.4, 0.5) is 0 Å². The number of aromatic nitrogens is 4. The molecule has 0 aliphatic heterocycles. The number of hydrogen-bond donors (Lipinski definition) is 1. The Kier molecular flexibility index (Phi) is 1.60. The summed E-state index contributed by atoms with van der Waals surface area (Å²) in [5.41, 5.74) is -0.0460. The van der Waals surface area contributed by atoms with Crippen molar-refractivity contribution in [1.29, 1.82) is 0 Å². The van der Waals surface area contributed by atoms with Crippen LogP contribution in [0.1, 0.15) is 5.82 Å². The first-order chi connectivity index (χ1) is 6.52. The van der Waals surface area contributed by atoms with Crippen LogP contribution in [0.25, 0.3) is 11.0 Å². The van der Waals surface area contributed by atoms with E-state index in [1.807, 2.05) is 0 Å². The molecule has 0 aliphatic rings. The van der Waals surface area contributed by atoms with Gasteiger partial charge < -0.3 is 4.57 Å². The van der Waals surface area contributed by atoms with Crippen LogP contribution in [0.3, 0.4) is 0 Å². The molecule has 6 heteroatoms. The molecule has 14 heavy (non-hydrogen) atoms. The second-order valence-corrected chi connectivity index (χ2v) is 3.22. The normalized spacial score (nSPS) is 11.1. The Morgan fingerprint density at radius 1 is 1.29 bits per heavy atom. The molecule has 0 atom stereocenters. The molecular formula is C8H10N4O2. The first-order valence-electron chi connectivity index (χ1n) is 4.14. The fraction of sp³-hybridized carbons (Fsp3) is 0.375. The van der Waals surface area contributed by atoms with Gasteiger partial charge >= 0.3 is 0 Å². The van der Waals surface area contributed by atoms with Crippen LogP contribution in [0.15, 0.2) is 9.59 Å². The predicted octanol–water partition coefficient (Wildman–Crippen LogP) is -0.731. The zero-order valence-electron chi connectivity index (χ0n) is 8.16. The Balaban J connectivity index is 3.18. The Bertz CT molecular complexity index is 617. The summed E-state index contributed by atoms with van der Waals surface area (Å²) in [7, 11) is 3.20. The zero-order chi connectivity index (χ0) is 10.5. The van der Waals surface area contributed by atoms with Gasteiger partial charge in [-0.25, -0.2) is 4.98 Å². The van der Waals surface area contributed by atoms with Crippen molar-refractivity contribution in [3.05, 3.63) is 26.5 Å². The first-order valence-corrected chi connectivity index (χ1v) is 4.14. The van der Waals surface area contributed by atoms with Crippen molar-refractivity contribution in [2.45, 2.75) is 6.92 Å². The minimum absolute atomic E-state index is 0.219. The fourth-order valence-electron chi connectivity index (χ4n) is 1.43. The van der Waals surface area contributed by atoms with Crippen molar-refractivity contribution in [2.24, 2.45) is 14.1 Å². The summed E-state index contributed by atoms with van der Waals surface area (Å²) in [5.74, 6) is 0.647. The van der Waals surface area contributed by atoms with E-state index in [0.29, 0.717) is 11.3 Å². The number of H-pyrrole nitrogens is 1. The highest BCUT2D eigenvalue weighted by Crippen LogP contribution is 2.03. The summed E-state index contributed by atoms with van der Waals surface area (Å²) in [5, 5.41) is 2.42. The number of rotatable bonds is 0. The maximum atomic E-state index is 11.6. The van der Waals surface area contributed by atoms with Gasteiger partial charge in [0.1, 0.15) is 11.3 Å². The second kappa shape index (κ2) is 2.57. The SMILES string of the molecule is Cc1nc2c(=O)n(C)[nH]c(=O)c2n1C. The Hall–Kier alpha value is -1.85. The highest BCUT2D eigenvalue weighted by molar-refractivity contribution is 5.73. The molecule has 2 aromatic heterocycles. The number of nitrogens with zero attached hydrogens (tertiary/aromatic N) is 3. The minimum atomic E-state index is -0.301. The molecule has 0 saturated carbocycles. The van der Waals surface area contributed by atoms with E-state index in [9.17, 15) is 9.59 Å². The lowest BCUT2D eigenvalue weighted by Crippen LogP contribution is -2.28. The second-order valence-electron chi connectivity index (χ2n) is 3.22. The van der Waals surface area contributed by atoms with Crippen LogP contribution in [0, 0.1) is 6.92 Å². The molecule has 0 bridgehead atoms. The van der Waals surface area contributed by atoms with Gasteiger partial charge in [-0.1, -0.05) is 0 Å². The molecule has 0 radical (unpaired) electrons. The van der Waals surface area contributed by atoms with Crippen molar-refractivity contribution in [3.63, 3.8) is 0 Å². The third-order valence-electron chi connectivity index (χ3n) is 2.31. The van der Waals surface area contributed by atoms with Crippen molar-refractivity contribution >= 4 is 11.0 Å². The Labute approximate surface area is 78.8 Å². The van der Waals surface area contributed by atoms with Crippen molar-refractivity contribution in [2.75, 3.05) is 0 Å². The molecule has 74 valence electrons. The summed E-state index contributed by atoms with van der Waals surface area (Å²) >= 11 is 0. The summed E-state index contributed by atoms with van der Waals surface area (Å²) in [6, 6.07) is 0. The largest absolute Gasteiger partial charge is 0.327 e. The van der Waals surface area contributed by atoms with Gasteiger partial charge in [-0.05, 0) is 6.92 Å². The molecule has 2 heterocycles. The number of aryl methyl sites for hydroxylation is 3. The smallest absolute Gasteiger partial charge is 0.293 e. The third-order valence-corrected chi connectivity index (χ3v) is 2.31. The lowest BCUT2D eigenvalue weighted by molar-refractivity contribution is 0.700. The van der Waals surface area contributed by atoms with Crippen molar-refractivity contribution in [1.82, 2.24) is 19.3 Å². The van der Waals surface area contributed by atoms with Crippen LogP contribution in [-0.4, -0.2) is 19.3 Å². The molecule has 0 aliphatic carbocycles. The summed E-state index contributed by atoms with van der Waals surface area (Å²) < 4.78 is 2.74. The van der Waals surface area contributed by atoms with Gasteiger partial charge in [0.25, 0.3) is 11.1 Å². The van der Waals surface area contributed by atoms with Crippen LogP contribution < -0.4 is 11.1 Å². The fourth-order valence-corrected chi connectivity index (χ4v) is 1.43. The van der Waals surface area contributed by atoms with Crippen LogP contribution in [-0.2, 0) is 14.1 Å². The average Bonchev–Trinajstić information content (AvgIpc) is 2.40. The van der Waals surface area contributed by atoms with Gasteiger partial charge in [-0.2, -0.15) is 0 Å². The molecule has 6 nitrogen and oxygen atoms in total. The number of fused-ring (bicyclic) bond motifs is 1. The molecule has 2 aromatic rings. The molecule has 0 fully saturated rings. The van der Waals surface area contributed by atoms with Crippen LogP contribution in [0.2, 0.25) is 0 Å². The van der Waals surface area contributed by atoms with Gasteiger partial charge in [0, 0.05) is 14.1 Å². The topological polar surface area (TPSA) is 72.7 Å². The standard InChI is InChI=1S/C8H10N4O2/c1-4-9-5-6(11(4)2)7(13)10-12(3)8(5)14/h1-3H3,(H,10,13). The van der Waals surface area contributed by atoms with Crippen LogP contribution >= 0.6 is 0 Å². The average molecular weight is 194 g/mol. The van der Waals surface area contributed by atoms with E-state index < -0.39 is 0 Å². The third kappa shape index (κ3) is 0.935. The van der Waals surface area contributed by atoms with E-state index in [1.165, 1.54) is 7.05 Å². The van der Waals surface area contributed by atoms with Crippen LogP contribution in [0.5, 0.6) is 0 Å². The molecule has 0 amide bonds. The molecule has 0 saturated heterocycles. The Morgan fingerprint density at radius 3 is 2.57 bits per heavy atom. The molecule has 0 aromatic carbocycles. The van der Waals surface area contributed by atoms with Crippen molar-refractivity contribution < 1.29 is 0 Å². The van der Waals surface area contributed by atoms with Gasteiger partial charge in [0.15, 0.2) is 5.52 Å². The van der Waals surface area contributed by atoms with Gasteiger partial charge in [-0.15, -0.1) is 0 Å². The maximum absolute atomic E-state index is 11.6. The summed E-state index contributed by atoms with van der Waals surface area (Å²) in [6.45, 7) is 1.75. The van der Waals surface area contributed by atoms with E-state index in [2.05, 4.69) is 10.1 Å². The van der Waals surface area contributed by atoms with E-state index in [4.69, 9.17) is 0 Å². The summed E-state index contributed by atoms with van der Waals surface area (Å²) in [6.07, 6.45) is 0. The highest BCUT2D eigenvalue weighted by Gasteiger charge is 2.12. The molecule has 1 N–H and O–H groups in total. The minimum Gasteiger partial charge on any atom is -0.327 e. The van der Waals surface area contributed by atoms with Gasteiger partial charge in [0.2, 0.25) is 0 Å². The quantitative estimate of drug-likeness (QED) is 0.600. The van der Waals surface area contributed by atoms with E-state index >= 15 is 0 Å². The van der Waals surface area contributed by atoms with E-state index in [1.54, 1.807) is 18.5 Å². The lowest BCUT2D eigenvalue weighted by atomic mass is 10.4. The van der Waals surface area contributed by atoms with E-state index in [-0.39, 0.29) is 16.6 Å². The monoisotopic (exact) mass is 194 g/mol. The zero-order valence-corrected chi connectivity index (χ0v) is 8.16. The van der Waals surface area contributed by atoms with Gasteiger partial charge in [0.05, 0.1) is 0 Å². The molecule has 0 unspecified atom stereocenters. The predicted molar refractivity (Wildman–Crippen MR) is 51.3 cm³/mol. The maximum Gasteiger partial charge on any atom is 0.293 e. The number of imidazole rings is 1. The number of nitrogens with one attached hydrogen (secondary N) is 1.